The third-order valence-electron chi connectivity index (χ3n) is 2.74. The lowest BCUT2D eigenvalue weighted by molar-refractivity contribution is 0.0694. The van der Waals surface area contributed by atoms with Crippen LogP contribution >= 0.6 is 0 Å². The number of hydrogen-bond acceptors (Lipinski definition) is 2. The molecule has 0 saturated carbocycles. The van der Waals surface area contributed by atoms with Gasteiger partial charge in [0, 0.05) is 10.8 Å². The number of aromatic carboxylic acids is 1. The summed E-state index contributed by atoms with van der Waals surface area (Å²) in [5.74, 6) is -1.19. The Kier molecular flexibility index (Phi) is 5.17. The molecule has 3 nitrogen and oxygen atoms in total. The van der Waals surface area contributed by atoms with Crippen LogP contribution in [-0.2, 0) is 17.2 Å². The number of alkyl halides is 2. The van der Waals surface area contributed by atoms with Crippen molar-refractivity contribution in [2.24, 2.45) is 0 Å². The lowest BCUT2D eigenvalue weighted by Crippen LogP contribution is -2.15. The van der Waals surface area contributed by atoms with Crippen LogP contribution in [0.25, 0.3) is 0 Å². The zero-order chi connectivity index (χ0) is 14.7. The molecule has 1 aromatic rings. The van der Waals surface area contributed by atoms with Gasteiger partial charge in [-0.05, 0) is 18.1 Å². The van der Waals surface area contributed by atoms with Crippen molar-refractivity contribution in [2.45, 2.75) is 43.8 Å². The van der Waals surface area contributed by atoms with E-state index in [4.69, 9.17) is 5.11 Å². The summed E-state index contributed by atoms with van der Waals surface area (Å²) in [5.41, 5.74) is -0.165. The van der Waals surface area contributed by atoms with Crippen molar-refractivity contribution in [1.82, 2.24) is 0 Å². The van der Waals surface area contributed by atoms with Crippen LogP contribution in [0.4, 0.5) is 8.78 Å². The molecule has 6 heteroatoms. The molecule has 1 atom stereocenters. The highest BCUT2D eigenvalue weighted by molar-refractivity contribution is 7.85. The summed E-state index contributed by atoms with van der Waals surface area (Å²) in [6.07, 6.45) is -2.53. The zero-order valence-electron chi connectivity index (χ0n) is 10.9. The molecular weight excluding hydrogens is 274 g/mol. The van der Waals surface area contributed by atoms with Crippen molar-refractivity contribution in [2.75, 3.05) is 0 Å². The third-order valence-corrected chi connectivity index (χ3v) is 4.48. The Morgan fingerprint density at radius 2 is 1.95 bits per heavy atom. The van der Waals surface area contributed by atoms with Crippen LogP contribution in [0.15, 0.2) is 17.0 Å². The molecule has 0 aliphatic carbocycles. The molecule has 0 unspecified atom stereocenters. The molecule has 0 aliphatic heterocycles. The average Bonchev–Trinajstić information content (AvgIpc) is 2.35. The van der Waals surface area contributed by atoms with Crippen LogP contribution in [0, 0.1) is 0 Å². The Morgan fingerprint density at radius 3 is 2.32 bits per heavy atom. The molecule has 106 valence electrons. The number of carboxylic acid groups (broad SMARTS) is 1. The first-order valence-electron chi connectivity index (χ1n) is 5.89. The standard InChI is InChI=1S/C13H16F2O3S/c1-4-8-9(13(16)17)5-6-10(12(14)15)11(8)19(18)7(2)3/h5-7,12H,4H2,1-3H3,(H,16,17)/t19-/m0/s1. The van der Waals surface area contributed by atoms with Crippen LogP contribution in [0.2, 0.25) is 0 Å². The first-order chi connectivity index (χ1) is 8.81. The van der Waals surface area contributed by atoms with Gasteiger partial charge in [-0.3, -0.25) is 4.21 Å². The van der Waals surface area contributed by atoms with Gasteiger partial charge >= 0.3 is 5.97 Å². The van der Waals surface area contributed by atoms with Crippen LogP contribution in [-0.4, -0.2) is 20.5 Å². The van der Waals surface area contributed by atoms with E-state index >= 15 is 0 Å². The van der Waals surface area contributed by atoms with Crippen LogP contribution in [0.3, 0.4) is 0 Å². The van der Waals surface area contributed by atoms with Crippen LogP contribution < -0.4 is 0 Å². The molecule has 0 amide bonds. The van der Waals surface area contributed by atoms with Gasteiger partial charge in [0.15, 0.2) is 0 Å². The van der Waals surface area contributed by atoms with Gasteiger partial charge in [-0.1, -0.05) is 26.8 Å². The summed E-state index contributed by atoms with van der Waals surface area (Å²) in [6, 6.07) is 2.21. The van der Waals surface area contributed by atoms with E-state index in [2.05, 4.69) is 0 Å². The summed E-state index contributed by atoms with van der Waals surface area (Å²) in [4.78, 5) is 11.1. The summed E-state index contributed by atoms with van der Waals surface area (Å²) < 4.78 is 38.2. The van der Waals surface area contributed by atoms with Crippen molar-refractivity contribution in [3.05, 3.63) is 28.8 Å². The Balaban J connectivity index is 3.64. The maximum absolute atomic E-state index is 13.0. The summed E-state index contributed by atoms with van der Waals surface area (Å²) in [7, 11) is -1.65. The van der Waals surface area contributed by atoms with Gasteiger partial charge in [0.05, 0.1) is 21.3 Å². The van der Waals surface area contributed by atoms with Crippen molar-refractivity contribution >= 4 is 16.8 Å². The molecule has 1 aromatic carbocycles. The van der Waals surface area contributed by atoms with Gasteiger partial charge in [0.25, 0.3) is 6.43 Å². The van der Waals surface area contributed by atoms with Crippen molar-refractivity contribution in [3.8, 4) is 0 Å². The normalized spacial score (nSPS) is 13.0. The summed E-state index contributed by atoms with van der Waals surface area (Å²) in [6.45, 7) is 4.97. The molecule has 0 aliphatic rings. The van der Waals surface area contributed by atoms with E-state index in [1.54, 1.807) is 20.8 Å². The topological polar surface area (TPSA) is 54.4 Å². The number of halogens is 2. The van der Waals surface area contributed by atoms with E-state index in [-0.39, 0.29) is 33.3 Å². The first kappa shape index (κ1) is 15.8. The second-order valence-corrected chi connectivity index (χ2v) is 6.26. The van der Waals surface area contributed by atoms with Crippen LogP contribution in [0.1, 0.15) is 48.7 Å². The molecule has 0 aromatic heterocycles. The van der Waals surface area contributed by atoms with E-state index in [9.17, 15) is 17.8 Å². The fourth-order valence-corrected chi connectivity index (χ4v) is 3.20. The maximum atomic E-state index is 13.0. The quantitative estimate of drug-likeness (QED) is 0.904. The minimum Gasteiger partial charge on any atom is -0.478 e. The maximum Gasteiger partial charge on any atom is 0.336 e. The van der Waals surface area contributed by atoms with Gasteiger partial charge in [-0.15, -0.1) is 0 Å². The Labute approximate surface area is 113 Å². The molecule has 0 radical (unpaired) electrons. The van der Waals surface area contributed by atoms with Gasteiger partial charge in [-0.25, -0.2) is 13.6 Å². The lowest BCUT2D eigenvalue weighted by Gasteiger charge is -2.17. The minimum atomic E-state index is -2.77. The first-order valence-corrected chi connectivity index (χ1v) is 7.10. The van der Waals surface area contributed by atoms with Crippen molar-refractivity contribution < 1.29 is 22.9 Å². The van der Waals surface area contributed by atoms with Gasteiger partial charge in [-0.2, -0.15) is 0 Å². The Hall–Kier alpha value is -1.30. The molecule has 0 heterocycles. The van der Waals surface area contributed by atoms with Gasteiger partial charge in [0.2, 0.25) is 0 Å². The third kappa shape index (κ3) is 3.18. The number of rotatable bonds is 5. The van der Waals surface area contributed by atoms with E-state index in [0.29, 0.717) is 0 Å². The van der Waals surface area contributed by atoms with Crippen LogP contribution in [0.5, 0.6) is 0 Å². The van der Waals surface area contributed by atoms with Crippen molar-refractivity contribution in [3.63, 3.8) is 0 Å². The smallest absolute Gasteiger partial charge is 0.336 e. The number of hydrogen-bond donors (Lipinski definition) is 1. The molecule has 0 bridgehead atoms. The molecule has 0 saturated heterocycles. The van der Waals surface area contributed by atoms with Gasteiger partial charge in [0.1, 0.15) is 0 Å². The number of carboxylic acids is 1. The molecule has 0 spiro atoms. The second kappa shape index (κ2) is 6.23. The highest BCUT2D eigenvalue weighted by Gasteiger charge is 2.25. The molecule has 0 fully saturated rings. The van der Waals surface area contributed by atoms with Crippen molar-refractivity contribution in [1.29, 1.82) is 0 Å². The Bertz CT molecular complexity index is 513. The fourth-order valence-electron chi connectivity index (χ4n) is 1.84. The molecular formula is C13H16F2O3S. The Morgan fingerprint density at radius 1 is 1.37 bits per heavy atom. The van der Waals surface area contributed by atoms with E-state index in [0.717, 1.165) is 12.1 Å². The molecule has 1 rings (SSSR count). The minimum absolute atomic E-state index is 0.0209. The SMILES string of the molecule is CCc1c(C(=O)O)ccc(C(F)F)c1[S@@](=O)C(C)C. The lowest BCUT2D eigenvalue weighted by atomic mass is 10.0. The number of benzene rings is 1. The predicted octanol–water partition coefficient (Wildman–Crippen LogP) is 3.40. The summed E-state index contributed by atoms with van der Waals surface area (Å²) in [5, 5.41) is 8.73. The van der Waals surface area contributed by atoms with E-state index < -0.39 is 23.2 Å². The monoisotopic (exact) mass is 290 g/mol. The van der Waals surface area contributed by atoms with E-state index in [1.807, 2.05) is 0 Å². The fraction of sp³-hybridized carbons (Fsp3) is 0.462. The second-order valence-electron chi connectivity index (χ2n) is 4.32. The molecule has 1 N–H and O–H groups in total. The zero-order valence-corrected chi connectivity index (χ0v) is 11.8. The average molecular weight is 290 g/mol. The summed E-state index contributed by atoms with van der Waals surface area (Å²) >= 11 is 0. The highest BCUT2D eigenvalue weighted by atomic mass is 32.2. The number of carbonyl (C=O) groups is 1. The van der Waals surface area contributed by atoms with E-state index in [1.165, 1.54) is 0 Å². The predicted molar refractivity (Wildman–Crippen MR) is 69.3 cm³/mol. The highest BCUT2D eigenvalue weighted by Crippen LogP contribution is 2.32. The molecule has 19 heavy (non-hydrogen) atoms. The largest absolute Gasteiger partial charge is 0.478 e. The van der Waals surface area contributed by atoms with Gasteiger partial charge < -0.3 is 5.11 Å².